The molecule has 2 aliphatic heterocycles. The quantitative estimate of drug-likeness (QED) is 0.861. The average Bonchev–Trinajstić information content (AvgIpc) is 2.85. The van der Waals surface area contributed by atoms with Crippen LogP contribution in [0, 0.1) is 5.92 Å². The van der Waals surface area contributed by atoms with Crippen molar-refractivity contribution in [3.05, 3.63) is 23.8 Å². The summed E-state index contributed by atoms with van der Waals surface area (Å²) in [5.41, 5.74) is 8.02. The smallest absolute Gasteiger partial charge is 0.254 e. The first kappa shape index (κ1) is 15.8. The molecule has 2 aliphatic rings. The monoisotopic (exact) mass is 316 g/mol. The maximum Gasteiger partial charge on any atom is 0.254 e. The van der Waals surface area contributed by atoms with E-state index in [-0.39, 0.29) is 17.9 Å². The van der Waals surface area contributed by atoms with E-state index < -0.39 is 0 Å². The van der Waals surface area contributed by atoms with Crippen LogP contribution in [0.5, 0.6) is 0 Å². The number of rotatable bonds is 2. The van der Waals surface area contributed by atoms with Crippen LogP contribution in [0.15, 0.2) is 18.2 Å². The van der Waals surface area contributed by atoms with Crippen molar-refractivity contribution in [1.29, 1.82) is 0 Å². The SMILES string of the molecule is CC1CC(CN)CN1C(=O)c1ccc2c(c1)NC(=O)CCN2C. The predicted molar refractivity (Wildman–Crippen MR) is 90.6 cm³/mol. The summed E-state index contributed by atoms with van der Waals surface area (Å²) < 4.78 is 0. The van der Waals surface area contributed by atoms with Crippen LogP contribution >= 0.6 is 0 Å². The van der Waals surface area contributed by atoms with Gasteiger partial charge in [0.05, 0.1) is 11.4 Å². The number of carbonyl (C=O) groups is 2. The fourth-order valence-corrected chi connectivity index (χ4v) is 3.47. The maximum absolute atomic E-state index is 12.8. The molecule has 6 nitrogen and oxygen atoms in total. The van der Waals surface area contributed by atoms with Crippen LogP contribution in [0.4, 0.5) is 11.4 Å². The average molecular weight is 316 g/mol. The van der Waals surface area contributed by atoms with Crippen LogP contribution in [0.2, 0.25) is 0 Å². The van der Waals surface area contributed by atoms with Gasteiger partial charge in [0.1, 0.15) is 0 Å². The van der Waals surface area contributed by atoms with E-state index in [2.05, 4.69) is 12.2 Å². The van der Waals surface area contributed by atoms with Crippen LogP contribution in [-0.2, 0) is 4.79 Å². The molecule has 1 aromatic rings. The summed E-state index contributed by atoms with van der Waals surface area (Å²) in [6, 6.07) is 5.75. The number of nitrogens with zero attached hydrogens (tertiary/aromatic N) is 2. The lowest BCUT2D eigenvalue weighted by atomic mass is 10.1. The van der Waals surface area contributed by atoms with E-state index in [1.807, 2.05) is 29.0 Å². The van der Waals surface area contributed by atoms with Gasteiger partial charge in [0.25, 0.3) is 5.91 Å². The van der Waals surface area contributed by atoms with Gasteiger partial charge in [-0.3, -0.25) is 9.59 Å². The molecule has 2 heterocycles. The first-order chi connectivity index (χ1) is 11.0. The minimum atomic E-state index is -0.0158. The molecule has 0 bridgehead atoms. The number of anilines is 2. The molecule has 2 amide bonds. The van der Waals surface area contributed by atoms with Gasteiger partial charge in [-0.1, -0.05) is 0 Å². The molecule has 1 aromatic carbocycles. The van der Waals surface area contributed by atoms with E-state index in [4.69, 9.17) is 5.73 Å². The molecule has 124 valence electrons. The van der Waals surface area contributed by atoms with Crippen molar-refractivity contribution >= 4 is 23.2 Å². The first-order valence-electron chi connectivity index (χ1n) is 8.15. The van der Waals surface area contributed by atoms with E-state index in [1.165, 1.54) is 0 Å². The summed E-state index contributed by atoms with van der Waals surface area (Å²) in [5.74, 6) is 0.371. The van der Waals surface area contributed by atoms with Gasteiger partial charge in [-0.15, -0.1) is 0 Å². The zero-order valence-corrected chi connectivity index (χ0v) is 13.7. The van der Waals surface area contributed by atoms with Crippen LogP contribution in [0.3, 0.4) is 0 Å². The largest absolute Gasteiger partial charge is 0.372 e. The molecule has 0 radical (unpaired) electrons. The first-order valence-corrected chi connectivity index (χ1v) is 8.15. The van der Waals surface area contributed by atoms with Gasteiger partial charge in [0, 0.05) is 38.2 Å². The molecule has 3 rings (SSSR count). The minimum Gasteiger partial charge on any atom is -0.372 e. The highest BCUT2D eigenvalue weighted by atomic mass is 16.2. The fourth-order valence-electron chi connectivity index (χ4n) is 3.47. The lowest BCUT2D eigenvalue weighted by Gasteiger charge is -2.23. The number of hydrogen-bond acceptors (Lipinski definition) is 4. The second-order valence-electron chi connectivity index (χ2n) is 6.60. The molecular formula is C17H24N4O2. The summed E-state index contributed by atoms with van der Waals surface area (Å²) in [7, 11) is 1.95. The normalized spacial score (nSPS) is 24.2. The van der Waals surface area contributed by atoms with Gasteiger partial charge in [-0.25, -0.2) is 0 Å². The maximum atomic E-state index is 12.8. The molecular weight excluding hydrogens is 292 g/mol. The van der Waals surface area contributed by atoms with E-state index in [1.54, 1.807) is 6.07 Å². The Hall–Kier alpha value is -2.08. The van der Waals surface area contributed by atoms with Crippen molar-refractivity contribution in [3.63, 3.8) is 0 Å². The van der Waals surface area contributed by atoms with Gasteiger partial charge in [-0.05, 0) is 44.0 Å². The number of nitrogens with one attached hydrogen (secondary N) is 1. The predicted octanol–water partition coefficient (Wildman–Crippen LogP) is 1.27. The molecule has 0 aromatic heterocycles. The molecule has 23 heavy (non-hydrogen) atoms. The van der Waals surface area contributed by atoms with Crippen molar-refractivity contribution in [2.75, 3.05) is 36.9 Å². The van der Waals surface area contributed by atoms with E-state index in [0.717, 1.165) is 12.1 Å². The van der Waals surface area contributed by atoms with Gasteiger partial charge in [0.15, 0.2) is 0 Å². The van der Waals surface area contributed by atoms with Gasteiger partial charge in [0.2, 0.25) is 5.91 Å². The molecule has 3 N–H and O–H groups in total. The van der Waals surface area contributed by atoms with E-state index in [0.29, 0.717) is 43.2 Å². The molecule has 0 saturated carbocycles. The third-order valence-electron chi connectivity index (χ3n) is 4.86. The van der Waals surface area contributed by atoms with Crippen molar-refractivity contribution in [1.82, 2.24) is 4.90 Å². The van der Waals surface area contributed by atoms with Gasteiger partial charge in [-0.2, -0.15) is 0 Å². The third-order valence-corrected chi connectivity index (χ3v) is 4.86. The van der Waals surface area contributed by atoms with Gasteiger partial charge < -0.3 is 20.9 Å². The molecule has 6 heteroatoms. The Bertz CT molecular complexity index is 631. The number of likely N-dealkylation sites (tertiary alicyclic amines) is 1. The lowest BCUT2D eigenvalue weighted by Crippen LogP contribution is -2.34. The number of nitrogens with two attached hydrogens (primary N) is 1. The number of hydrogen-bond donors (Lipinski definition) is 2. The lowest BCUT2D eigenvalue weighted by molar-refractivity contribution is -0.115. The standard InChI is InChI=1S/C17H24N4O2/c1-11-7-12(9-18)10-21(11)17(23)13-3-4-15-14(8-13)19-16(22)5-6-20(15)2/h3-4,8,11-12H,5-7,9-10,18H2,1-2H3,(H,19,22). The van der Waals surface area contributed by atoms with Crippen molar-refractivity contribution in [2.45, 2.75) is 25.8 Å². The van der Waals surface area contributed by atoms with Crippen LogP contribution in [0.25, 0.3) is 0 Å². The highest BCUT2D eigenvalue weighted by molar-refractivity contribution is 6.01. The van der Waals surface area contributed by atoms with Crippen molar-refractivity contribution in [2.24, 2.45) is 11.7 Å². The second kappa shape index (κ2) is 6.20. The van der Waals surface area contributed by atoms with Crippen molar-refractivity contribution in [3.8, 4) is 0 Å². The molecule has 0 spiro atoms. The van der Waals surface area contributed by atoms with Crippen LogP contribution in [0.1, 0.15) is 30.1 Å². The molecule has 2 unspecified atom stereocenters. The third kappa shape index (κ3) is 3.03. The second-order valence-corrected chi connectivity index (χ2v) is 6.60. The summed E-state index contributed by atoms with van der Waals surface area (Å²) >= 11 is 0. The fraction of sp³-hybridized carbons (Fsp3) is 0.529. The number of amides is 2. The van der Waals surface area contributed by atoms with E-state index in [9.17, 15) is 9.59 Å². The molecule has 1 fully saturated rings. The Morgan fingerprint density at radius 2 is 2.22 bits per heavy atom. The zero-order valence-electron chi connectivity index (χ0n) is 13.7. The highest BCUT2D eigenvalue weighted by Gasteiger charge is 2.32. The minimum absolute atomic E-state index is 0.0115. The van der Waals surface area contributed by atoms with Crippen molar-refractivity contribution < 1.29 is 9.59 Å². The molecule has 2 atom stereocenters. The van der Waals surface area contributed by atoms with Crippen LogP contribution < -0.4 is 16.0 Å². The number of benzene rings is 1. The van der Waals surface area contributed by atoms with Crippen LogP contribution in [-0.4, -0.2) is 49.4 Å². The Morgan fingerprint density at radius 1 is 1.43 bits per heavy atom. The van der Waals surface area contributed by atoms with E-state index >= 15 is 0 Å². The highest BCUT2D eigenvalue weighted by Crippen LogP contribution is 2.31. The summed E-state index contributed by atoms with van der Waals surface area (Å²) in [6.07, 6.45) is 1.41. The Kier molecular flexibility index (Phi) is 4.26. The Balaban J connectivity index is 1.86. The number of fused-ring (bicyclic) bond motifs is 1. The Labute approximate surface area is 136 Å². The summed E-state index contributed by atoms with van der Waals surface area (Å²) in [5, 5.41) is 2.90. The summed E-state index contributed by atoms with van der Waals surface area (Å²) in [6.45, 7) is 4.05. The van der Waals surface area contributed by atoms with Gasteiger partial charge >= 0.3 is 0 Å². The number of carbonyl (C=O) groups excluding carboxylic acids is 2. The topological polar surface area (TPSA) is 78.7 Å². The molecule has 1 saturated heterocycles. The zero-order chi connectivity index (χ0) is 16.6. The molecule has 0 aliphatic carbocycles. The summed E-state index contributed by atoms with van der Waals surface area (Å²) in [4.78, 5) is 28.6. The Morgan fingerprint density at radius 3 is 2.91 bits per heavy atom.